The molecule has 6 heteroatoms. The summed E-state index contributed by atoms with van der Waals surface area (Å²) in [7, 11) is 1.94. The van der Waals surface area contributed by atoms with Crippen molar-refractivity contribution in [1.82, 2.24) is 20.2 Å². The van der Waals surface area contributed by atoms with Gasteiger partial charge in [0, 0.05) is 37.1 Å². The predicted molar refractivity (Wildman–Crippen MR) is 86.5 cm³/mol. The lowest BCUT2D eigenvalue weighted by atomic mass is 10.0. The van der Waals surface area contributed by atoms with E-state index in [0.717, 1.165) is 25.9 Å². The van der Waals surface area contributed by atoms with Gasteiger partial charge >= 0.3 is 0 Å². The van der Waals surface area contributed by atoms with Crippen molar-refractivity contribution in [3.63, 3.8) is 0 Å². The number of rotatable bonds is 4. The average Bonchev–Trinajstić information content (AvgIpc) is 2.62. The van der Waals surface area contributed by atoms with Crippen LogP contribution in [0.1, 0.15) is 23.2 Å². The average molecular weight is 312 g/mol. The molecule has 1 atom stereocenters. The second-order valence-electron chi connectivity index (χ2n) is 5.55. The van der Waals surface area contributed by atoms with Crippen LogP contribution < -0.4 is 10.1 Å². The summed E-state index contributed by atoms with van der Waals surface area (Å²) in [6.45, 7) is 1.54. The number of piperidine rings is 1. The van der Waals surface area contributed by atoms with Crippen LogP contribution in [-0.4, -0.2) is 47.0 Å². The fourth-order valence-corrected chi connectivity index (χ4v) is 2.73. The Bertz CT molecular complexity index is 663. The minimum absolute atomic E-state index is 0.0366. The Morgan fingerprint density at radius 2 is 2.30 bits per heavy atom. The molecule has 6 nitrogen and oxygen atoms in total. The summed E-state index contributed by atoms with van der Waals surface area (Å²) >= 11 is 0. The number of nitrogens with one attached hydrogen (secondary N) is 1. The molecule has 3 rings (SSSR count). The van der Waals surface area contributed by atoms with Crippen molar-refractivity contribution in [3.05, 3.63) is 48.4 Å². The zero-order valence-corrected chi connectivity index (χ0v) is 13.1. The smallest absolute Gasteiger partial charge is 0.254 e. The maximum Gasteiger partial charge on any atom is 0.254 e. The zero-order valence-electron chi connectivity index (χ0n) is 13.1. The van der Waals surface area contributed by atoms with Gasteiger partial charge in [-0.2, -0.15) is 0 Å². The molecule has 1 aromatic heterocycles. The maximum atomic E-state index is 12.7. The first-order valence-corrected chi connectivity index (χ1v) is 7.77. The van der Waals surface area contributed by atoms with Crippen LogP contribution in [0.3, 0.4) is 0 Å². The predicted octanol–water partition coefficient (Wildman–Crippen LogP) is 2.09. The molecule has 0 spiro atoms. The second-order valence-corrected chi connectivity index (χ2v) is 5.55. The Balaban J connectivity index is 1.72. The lowest BCUT2D eigenvalue weighted by Gasteiger charge is -2.32. The molecule has 1 aliphatic heterocycles. The van der Waals surface area contributed by atoms with Crippen molar-refractivity contribution < 1.29 is 9.53 Å². The number of amides is 1. The minimum atomic E-state index is 0.0366. The van der Waals surface area contributed by atoms with Gasteiger partial charge in [0.15, 0.2) is 0 Å². The topological polar surface area (TPSA) is 67.4 Å². The number of likely N-dealkylation sites (N-methyl/N-ethyl adjacent to an activating group) is 1. The van der Waals surface area contributed by atoms with Crippen LogP contribution in [0.5, 0.6) is 11.6 Å². The third kappa shape index (κ3) is 3.84. The van der Waals surface area contributed by atoms with Gasteiger partial charge in [-0.1, -0.05) is 6.07 Å². The Kier molecular flexibility index (Phi) is 4.83. The number of ether oxygens (including phenoxy) is 1. The molecule has 1 aromatic carbocycles. The molecule has 1 fully saturated rings. The third-order valence-corrected chi connectivity index (χ3v) is 3.96. The molecule has 0 saturated carbocycles. The molecule has 2 aromatic rings. The highest BCUT2D eigenvalue weighted by molar-refractivity contribution is 5.94. The van der Waals surface area contributed by atoms with Crippen molar-refractivity contribution in [2.45, 2.75) is 18.9 Å². The SMILES string of the molecule is CNC1CCCN(C(=O)c2cccc(Oc3cnccn3)c2)C1. The van der Waals surface area contributed by atoms with Gasteiger partial charge in [0.25, 0.3) is 5.91 Å². The van der Waals surface area contributed by atoms with Crippen LogP contribution in [0.15, 0.2) is 42.9 Å². The van der Waals surface area contributed by atoms with Gasteiger partial charge in [-0.05, 0) is 38.1 Å². The van der Waals surface area contributed by atoms with E-state index in [1.54, 1.807) is 24.5 Å². The maximum absolute atomic E-state index is 12.7. The molecule has 1 saturated heterocycles. The number of nitrogens with zero attached hydrogens (tertiary/aromatic N) is 3. The molecular weight excluding hydrogens is 292 g/mol. The standard InChI is InChI=1S/C17H20N4O2/c1-18-14-5-3-9-21(12-14)17(22)13-4-2-6-15(10-13)23-16-11-19-7-8-20-16/h2,4,6-8,10-11,14,18H,3,5,9,12H2,1H3. The fraction of sp³-hybridized carbons (Fsp3) is 0.353. The monoisotopic (exact) mass is 312 g/mol. The zero-order chi connectivity index (χ0) is 16.1. The molecule has 1 aliphatic rings. The molecule has 0 bridgehead atoms. The highest BCUT2D eigenvalue weighted by Crippen LogP contribution is 2.21. The van der Waals surface area contributed by atoms with Gasteiger partial charge in [-0.25, -0.2) is 4.98 Å². The van der Waals surface area contributed by atoms with E-state index in [4.69, 9.17) is 4.74 Å². The van der Waals surface area contributed by atoms with E-state index in [0.29, 0.717) is 23.2 Å². The van der Waals surface area contributed by atoms with Gasteiger partial charge in [0.2, 0.25) is 5.88 Å². The van der Waals surface area contributed by atoms with Crippen molar-refractivity contribution in [2.24, 2.45) is 0 Å². The van der Waals surface area contributed by atoms with Gasteiger partial charge in [-0.3, -0.25) is 9.78 Å². The van der Waals surface area contributed by atoms with E-state index in [1.165, 1.54) is 6.20 Å². The summed E-state index contributed by atoms with van der Waals surface area (Å²) in [6, 6.07) is 7.55. The normalized spacial score (nSPS) is 17.8. The number of aromatic nitrogens is 2. The fourth-order valence-electron chi connectivity index (χ4n) is 2.73. The van der Waals surface area contributed by atoms with Gasteiger partial charge in [0.05, 0.1) is 6.20 Å². The quantitative estimate of drug-likeness (QED) is 0.936. The van der Waals surface area contributed by atoms with Crippen molar-refractivity contribution in [3.8, 4) is 11.6 Å². The molecule has 1 amide bonds. The van der Waals surface area contributed by atoms with Crippen LogP contribution in [0.4, 0.5) is 0 Å². The summed E-state index contributed by atoms with van der Waals surface area (Å²) in [5.41, 5.74) is 0.628. The number of benzene rings is 1. The van der Waals surface area contributed by atoms with Crippen LogP contribution in [-0.2, 0) is 0 Å². The number of hydrogen-bond donors (Lipinski definition) is 1. The number of carbonyl (C=O) groups is 1. The summed E-state index contributed by atoms with van der Waals surface area (Å²) in [4.78, 5) is 22.6. The van der Waals surface area contributed by atoms with E-state index >= 15 is 0 Å². The molecule has 1 unspecified atom stereocenters. The van der Waals surface area contributed by atoms with Crippen molar-refractivity contribution in [1.29, 1.82) is 0 Å². The lowest BCUT2D eigenvalue weighted by molar-refractivity contribution is 0.0698. The van der Waals surface area contributed by atoms with Crippen LogP contribution >= 0.6 is 0 Å². The molecule has 23 heavy (non-hydrogen) atoms. The van der Waals surface area contributed by atoms with Crippen molar-refractivity contribution >= 4 is 5.91 Å². The number of carbonyl (C=O) groups excluding carboxylic acids is 1. The molecule has 0 radical (unpaired) electrons. The first kappa shape index (κ1) is 15.4. The molecular formula is C17H20N4O2. The lowest BCUT2D eigenvalue weighted by Crippen LogP contribution is -2.46. The molecule has 2 heterocycles. The van der Waals surface area contributed by atoms with E-state index in [-0.39, 0.29) is 5.91 Å². The third-order valence-electron chi connectivity index (χ3n) is 3.96. The molecule has 120 valence electrons. The Morgan fingerprint density at radius 3 is 3.09 bits per heavy atom. The molecule has 0 aliphatic carbocycles. The number of likely N-dealkylation sites (tertiary alicyclic amines) is 1. The highest BCUT2D eigenvalue weighted by atomic mass is 16.5. The Labute approximate surface area is 135 Å². The van der Waals surface area contributed by atoms with Crippen LogP contribution in [0.2, 0.25) is 0 Å². The van der Waals surface area contributed by atoms with Crippen molar-refractivity contribution in [2.75, 3.05) is 20.1 Å². The Morgan fingerprint density at radius 1 is 1.39 bits per heavy atom. The number of hydrogen-bond acceptors (Lipinski definition) is 5. The first-order chi connectivity index (χ1) is 11.3. The summed E-state index contributed by atoms with van der Waals surface area (Å²) in [6.07, 6.45) is 6.82. The minimum Gasteiger partial charge on any atom is -0.437 e. The molecule has 1 N–H and O–H groups in total. The van der Waals surface area contributed by atoms with E-state index in [9.17, 15) is 4.79 Å². The van der Waals surface area contributed by atoms with E-state index in [2.05, 4.69) is 15.3 Å². The summed E-state index contributed by atoms with van der Waals surface area (Å²) < 4.78 is 5.64. The van der Waals surface area contributed by atoms with Gasteiger partial charge in [-0.15, -0.1) is 0 Å². The Hall–Kier alpha value is -2.47. The summed E-state index contributed by atoms with van der Waals surface area (Å²) in [5.74, 6) is 1.03. The first-order valence-electron chi connectivity index (χ1n) is 7.77. The summed E-state index contributed by atoms with van der Waals surface area (Å²) in [5, 5.41) is 3.25. The van der Waals surface area contributed by atoms with E-state index in [1.807, 2.05) is 24.1 Å². The second kappa shape index (κ2) is 7.19. The highest BCUT2D eigenvalue weighted by Gasteiger charge is 2.23. The van der Waals surface area contributed by atoms with E-state index < -0.39 is 0 Å². The van der Waals surface area contributed by atoms with Gasteiger partial charge in [0.1, 0.15) is 5.75 Å². The van der Waals surface area contributed by atoms with Crippen LogP contribution in [0.25, 0.3) is 0 Å². The largest absolute Gasteiger partial charge is 0.437 e. The van der Waals surface area contributed by atoms with Crippen LogP contribution in [0, 0.1) is 0 Å². The van der Waals surface area contributed by atoms with Gasteiger partial charge < -0.3 is 15.0 Å².